The van der Waals surface area contributed by atoms with Crippen molar-refractivity contribution in [1.29, 1.82) is 0 Å². The first-order valence-electron chi connectivity index (χ1n) is 2.91. The lowest BCUT2D eigenvalue weighted by atomic mass is 9.83. The first-order chi connectivity index (χ1) is 4.63. The summed E-state index contributed by atoms with van der Waals surface area (Å²) in [4.78, 5) is 21.5. The molecule has 0 unspecified atom stereocenters. The van der Waals surface area contributed by atoms with E-state index in [4.69, 9.17) is 0 Å². The zero-order valence-electron chi connectivity index (χ0n) is 5.82. The summed E-state index contributed by atoms with van der Waals surface area (Å²) in [5.41, 5.74) is 0.474. The maximum absolute atomic E-state index is 10.8. The molecular formula is C4H6B2N2O2. The molecule has 10 heavy (non-hydrogen) atoms. The molecule has 0 fully saturated rings. The molecule has 4 nitrogen and oxygen atoms in total. The van der Waals surface area contributed by atoms with E-state index in [1.165, 1.54) is 0 Å². The number of H-pyrrole nitrogens is 2. The highest BCUT2D eigenvalue weighted by molar-refractivity contribution is 6.47. The van der Waals surface area contributed by atoms with Gasteiger partial charge in [-0.2, -0.15) is 0 Å². The summed E-state index contributed by atoms with van der Waals surface area (Å²) in [7, 11) is 3.23. The fourth-order valence-electron chi connectivity index (χ4n) is 0.642. The van der Waals surface area contributed by atoms with E-state index in [9.17, 15) is 9.59 Å². The molecule has 0 radical (unpaired) electrons. The Hall–Kier alpha value is -1.19. The summed E-state index contributed by atoms with van der Waals surface area (Å²) in [6.07, 6.45) is 0. The molecule has 1 rings (SSSR count). The molecule has 0 saturated carbocycles. The van der Waals surface area contributed by atoms with E-state index in [-0.39, 0.29) is 11.1 Å². The molecular weight excluding hydrogens is 130 g/mol. The molecule has 0 amide bonds. The van der Waals surface area contributed by atoms with Crippen molar-refractivity contribution in [3.05, 3.63) is 20.7 Å². The van der Waals surface area contributed by atoms with E-state index < -0.39 is 0 Å². The Balaban J connectivity index is 3.65. The molecule has 0 spiro atoms. The third-order valence-corrected chi connectivity index (χ3v) is 1.53. The largest absolute Gasteiger partial charge is 0.269 e. The lowest BCUT2D eigenvalue weighted by Gasteiger charge is -1.93. The maximum atomic E-state index is 10.8. The quantitative estimate of drug-likeness (QED) is 0.353. The van der Waals surface area contributed by atoms with Gasteiger partial charge in [0.05, 0.1) is 0 Å². The van der Waals surface area contributed by atoms with Crippen LogP contribution in [0, 0.1) is 0 Å². The van der Waals surface area contributed by atoms with Crippen LogP contribution in [-0.2, 0) is 0 Å². The van der Waals surface area contributed by atoms with Crippen molar-refractivity contribution in [1.82, 2.24) is 10.2 Å². The van der Waals surface area contributed by atoms with E-state index >= 15 is 0 Å². The Kier molecular flexibility index (Phi) is 1.53. The van der Waals surface area contributed by atoms with E-state index in [2.05, 4.69) is 10.2 Å². The highest BCUT2D eigenvalue weighted by Crippen LogP contribution is 1.43. The van der Waals surface area contributed by atoms with Gasteiger partial charge in [-0.05, 0) is 10.9 Å². The SMILES string of the molecule is Bc1c(B)c(=O)[nH][nH]c1=O. The van der Waals surface area contributed by atoms with Crippen LogP contribution in [0.3, 0.4) is 0 Å². The summed E-state index contributed by atoms with van der Waals surface area (Å²) >= 11 is 0. The van der Waals surface area contributed by atoms with Crippen molar-refractivity contribution in [2.75, 3.05) is 0 Å². The van der Waals surface area contributed by atoms with Crippen molar-refractivity contribution in [3.8, 4) is 0 Å². The summed E-state index contributed by atoms with van der Waals surface area (Å²) in [5.74, 6) is 0. The number of hydrogen-bond acceptors (Lipinski definition) is 2. The molecule has 0 bridgehead atoms. The van der Waals surface area contributed by atoms with Gasteiger partial charge in [0.15, 0.2) is 0 Å². The molecule has 0 aromatic carbocycles. The standard InChI is InChI=1S/C4H6B2N2O2/c5-1-2(6)4(10)8-7-3(1)9/h5-6H2,(H,7,9)(H,8,10). The van der Waals surface area contributed by atoms with Crippen molar-refractivity contribution in [3.63, 3.8) is 0 Å². The number of aromatic amines is 2. The van der Waals surface area contributed by atoms with Crippen LogP contribution < -0.4 is 22.0 Å². The smallest absolute Gasteiger partial charge is 0.255 e. The monoisotopic (exact) mass is 136 g/mol. The Morgan fingerprint density at radius 3 is 1.50 bits per heavy atom. The van der Waals surface area contributed by atoms with Gasteiger partial charge in [0.25, 0.3) is 11.1 Å². The minimum Gasteiger partial charge on any atom is -0.269 e. The van der Waals surface area contributed by atoms with Crippen molar-refractivity contribution < 1.29 is 0 Å². The van der Waals surface area contributed by atoms with Gasteiger partial charge in [0.2, 0.25) is 0 Å². The van der Waals surface area contributed by atoms with Crippen LogP contribution in [0.25, 0.3) is 0 Å². The average Bonchev–Trinajstić information content (AvgIpc) is 1.93. The average molecular weight is 136 g/mol. The zero-order valence-corrected chi connectivity index (χ0v) is 5.82. The number of hydrogen-bond donors (Lipinski definition) is 2. The molecule has 0 aliphatic rings. The van der Waals surface area contributed by atoms with Crippen LogP contribution in [0.2, 0.25) is 0 Å². The van der Waals surface area contributed by atoms with Crippen LogP contribution in [0.5, 0.6) is 0 Å². The predicted octanol–water partition coefficient (Wildman–Crippen LogP) is -4.42. The van der Waals surface area contributed by atoms with Gasteiger partial charge in [-0.25, -0.2) is 0 Å². The second-order valence-corrected chi connectivity index (χ2v) is 2.16. The van der Waals surface area contributed by atoms with Gasteiger partial charge in [0.1, 0.15) is 15.7 Å². The Labute approximate surface area is 58.5 Å². The van der Waals surface area contributed by atoms with Gasteiger partial charge in [-0.3, -0.25) is 19.8 Å². The first-order valence-corrected chi connectivity index (χ1v) is 2.91. The minimum absolute atomic E-state index is 0.239. The van der Waals surface area contributed by atoms with E-state index in [1.807, 2.05) is 0 Å². The molecule has 1 aromatic rings. The summed E-state index contributed by atoms with van der Waals surface area (Å²) in [5, 5.41) is 4.43. The number of nitrogens with one attached hydrogen (secondary N) is 2. The summed E-state index contributed by atoms with van der Waals surface area (Å²) in [6.45, 7) is 0. The molecule has 2 N–H and O–H groups in total. The summed E-state index contributed by atoms with van der Waals surface area (Å²) < 4.78 is 0. The maximum Gasteiger partial charge on any atom is 0.255 e. The topological polar surface area (TPSA) is 65.7 Å². The van der Waals surface area contributed by atoms with Gasteiger partial charge in [0, 0.05) is 0 Å². The molecule has 0 atom stereocenters. The number of aromatic nitrogens is 2. The lowest BCUT2D eigenvalue weighted by molar-refractivity contribution is 0.972. The number of rotatable bonds is 0. The molecule has 1 heterocycles. The van der Waals surface area contributed by atoms with Crippen LogP contribution >= 0.6 is 0 Å². The third kappa shape index (κ3) is 0.920. The predicted molar refractivity (Wildman–Crippen MR) is 44.0 cm³/mol. The van der Waals surface area contributed by atoms with Crippen molar-refractivity contribution in [2.24, 2.45) is 0 Å². The second-order valence-electron chi connectivity index (χ2n) is 2.16. The van der Waals surface area contributed by atoms with Crippen molar-refractivity contribution >= 4 is 26.6 Å². The first kappa shape index (κ1) is 6.92. The Bertz CT molecular complexity index is 318. The fourth-order valence-corrected chi connectivity index (χ4v) is 0.642. The Morgan fingerprint density at radius 1 is 0.900 bits per heavy atom. The highest BCUT2D eigenvalue weighted by Gasteiger charge is 1.99. The molecule has 0 aliphatic carbocycles. The molecule has 6 heteroatoms. The second kappa shape index (κ2) is 2.21. The van der Waals surface area contributed by atoms with Gasteiger partial charge in [-0.1, -0.05) is 0 Å². The Morgan fingerprint density at radius 2 is 1.20 bits per heavy atom. The normalized spacial score (nSPS) is 9.60. The van der Waals surface area contributed by atoms with Crippen LogP contribution in [0.1, 0.15) is 0 Å². The van der Waals surface area contributed by atoms with E-state index in [1.54, 1.807) is 15.7 Å². The summed E-state index contributed by atoms with van der Waals surface area (Å²) in [6, 6.07) is 0. The van der Waals surface area contributed by atoms with Gasteiger partial charge >= 0.3 is 0 Å². The molecule has 0 saturated heterocycles. The van der Waals surface area contributed by atoms with Crippen LogP contribution in [0.15, 0.2) is 9.59 Å². The third-order valence-electron chi connectivity index (χ3n) is 1.53. The fraction of sp³-hybridized carbons (Fsp3) is 0. The van der Waals surface area contributed by atoms with E-state index in [0.717, 1.165) is 0 Å². The minimum atomic E-state index is -0.239. The van der Waals surface area contributed by atoms with Crippen LogP contribution in [0.4, 0.5) is 0 Å². The molecule has 1 aromatic heterocycles. The lowest BCUT2D eigenvalue weighted by Crippen LogP contribution is -2.50. The molecule has 0 aliphatic heterocycles. The molecule has 50 valence electrons. The zero-order chi connectivity index (χ0) is 7.72. The van der Waals surface area contributed by atoms with Crippen molar-refractivity contribution in [2.45, 2.75) is 0 Å². The van der Waals surface area contributed by atoms with Gasteiger partial charge in [-0.15, -0.1) is 0 Å². The van der Waals surface area contributed by atoms with E-state index in [0.29, 0.717) is 10.9 Å². The van der Waals surface area contributed by atoms with Gasteiger partial charge < -0.3 is 0 Å². The van der Waals surface area contributed by atoms with Crippen LogP contribution in [-0.4, -0.2) is 25.9 Å². The highest BCUT2D eigenvalue weighted by atomic mass is 16.1.